The molecule has 0 nitrogen and oxygen atoms in total. The van der Waals surface area contributed by atoms with Crippen LogP contribution in [0.2, 0.25) is 0 Å². The van der Waals surface area contributed by atoms with Crippen LogP contribution in [0.4, 0.5) is 35.8 Å². The van der Waals surface area contributed by atoms with Crippen LogP contribution in [-0.2, 0) is 0 Å². The van der Waals surface area contributed by atoms with E-state index in [1.165, 1.54) is 0 Å². The summed E-state index contributed by atoms with van der Waals surface area (Å²) in [7, 11) is 0. The summed E-state index contributed by atoms with van der Waals surface area (Å²) in [6.45, 7) is 3.81. The van der Waals surface area contributed by atoms with Crippen LogP contribution in [0.25, 0.3) is 0 Å². The van der Waals surface area contributed by atoms with Crippen molar-refractivity contribution in [3.63, 3.8) is 0 Å². The maximum atomic E-state index is 13.9. The minimum Gasteiger partial charge on any atom is -0.269 e. The Labute approximate surface area is 143 Å². The third-order valence-corrected chi connectivity index (χ3v) is 6.26. The van der Waals surface area contributed by atoms with Crippen LogP contribution in [0.3, 0.4) is 0 Å². The summed E-state index contributed by atoms with van der Waals surface area (Å²) >= 11 is 0. The van der Waals surface area contributed by atoms with E-state index in [1.807, 2.05) is 13.8 Å². The molecule has 2 aliphatic carbocycles. The van der Waals surface area contributed by atoms with Gasteiger partial charge in [0.1, 0.15) is 0 Å². The summed E-state index contributed by atoms with van der Waals surface area (Å²) in [6.07, 6.45) is -8.49. The third-order valence-electron chi connectivity index (χ3n) is 6.26. The first-order valence-electron chi connectivity index (χ1n) is 8.63. The first kappa shape index (κ1) is 24.4. The van der Waals surface area contributed by atoms with Gasteiger partial charge in [0, 0.05) is 0 Å². The van der Waals surface area contributed by atoms with Gasteiger partial charge in [-0.1, -0.05) is 39.5 Å². The lowest BCUT2D eigenvalue weighted by atomic mass is 9.56. The normalized spacial score (nSPS) is 31.7. The molecular weight excluding hydrogens is 356 g/mol. The molecule has 2 aliphatic rings. The van der Waals surface area contributed by atoms with E-state index < -0.39 is 29.6 Å². The van der Waals surface area contributed by atoms with Crippen molar-refractivity contribution in [2.75, 3.05) is 0 Å². The molecule has 0 aromatic heterocycles. The van der Waals surface area contributed by atoms with Crippen molar-refractivity contribution in [2.24, 2.45) is 29.1 Å². The highest BCUT2D eigenvalue weighted by molar-refractivity contribution is 5.04. The van der Waals surface area contributed by atoms with E-state index in [4.69, 9.17) is 0 Å². The van der Waals surface area contributed by atoms with Gasteiger partial charge in [0.15, 0.2) is 5.41 Å². The lowest BCUT2D eigenvalue weighted by Gasteiger charge is -2.51. The fourth-order valence-electron chi connectivity index (χ4n) is 4.85. The van der Waals surface area contributed by atoms with Crippen LogP contribution in [0.5, 0.6) is 0 Å². The van der Waals surface area contributed by atoms with Crippen LogP contribution in [0.15, 0.2) is 0 Å². The van der Waals surface area contributed by atoms with E-state index in [2.05, 4.69) is 0 Å². The van der Waals surface area contributed by atoms with Crippen molar-refractivity contribution in [1.29, 1.82) is 0 Å². The second kappa shape index (κ2) is 8.42. The Hall–Kier alpha value is -0.560. The first-order chi connectivity index (χ1) is 10.5. The Morgan fingerprint density at radius 2 is 0.760 bits per heavy atom. The molecule has 0 aromatic rings. The number of halogens is 8. The summed E-state index contributed by atoms with van der Waals surface area (Å²) in [5, 5.41) is 0. The number of hydrogen-bond acceptors (Lipinski definition) is 0. The van der Waals surface area contributed by atoms with Crippen molar-refractivity contribution in [3.8, 4) is 0 Å². The Balaban J connectivity index is 0.00000288. The van der Waals surface area contributed by atoms with Crippen molar-refractivity contribution in [3.05, 3.63) is 0 Å². The van der Waals surface area contributed by atoms with Crippen LogP contribution in [-0.4, -0.2) is 12.4 Å². The summed E-state index contributed by atoms with van der Waals surface area (Å²) in [5.74, 6) is -2.21. The summed E-state index contributed by atoms with van der Waals surface area (Å²) in [4.78, 5) is 0. The van der Waals surface area contributed by atoms with E-state index in [0.717, 1.165) is 0 Å². The lowest BCUT2D eigenvalue weighted by molar-refractivity contribution is -0.382. The van der Waals surface area contributed by atoms with Gasteiger partial charge in [-0.3, -0.25) is 9.41 Å². The number of rotatable bonds is 2. The minimum atomic E-state index is -5.23. The quantitative estimate of drug-likeness (QED) is 0.447. The molecule has 2 rings (SSSR count). The summed E-state index contributed by atoms with van der Waals surface area (Å²) in [6, 6.07) is 0. The van der Waals surface area contributed by atoms with E-state index >= 15 is 0 Å². The zero-order valence-corrected chi connectivity index (χ0v) is 14.6. The fourth-order valence-corrected chi connectivity index (χ4v) is 4.85. The lowest BCUT2D eigenvalue weighted by Crippen LogP contribution is -2.60. The molecule has 0 radical (unpaired) electrons. The van der Waals surface area contributed by atoms with E-state index in [-0.39, 0.29) is 46.9 Å². The smallest absolute Gasteiger partial charge is 0.269 e. The van der Waals surface area contributed by atoms with Crippen molar-refractivity contribution in [2.45, 2.75) is 77.6 Å². The molecular formula is C17H28F8. The van der Waals surface area contributed by atoms with Crippen molar-refractivity contribution in [1.82, 2.24) is 0 Å². The van der Waals surface area contributed by atoms with Gasteiger partial charge in [-0.05, 0) is 49.4 Å². The average Bonchev–Trinajstić information content (AvgIpc) is 2.40. The van der Waals surface area contributed by atoms with Crippen molar-refractivity contribution >= 4 is 0 Å². The van der Waals surface area contributed by atoms with Gasteiger partial charge in [0.2, 0.25) is 0 Å². The van der Waals surface area contributed by atoms with Crippen LogP contribution in [0, 0.1) is 29.1 Å². The zero-order valence-electron chi connectivity index (χ0n) is 14.6. The van der Waals surface area contributed by atoms with Gasteiger partial charge < -0.3 is 0 Å². The summed E-state index contributed by atoms with van der Waals surface area (Å²) < 4.78 is 83.5. The zero-order chi connectivity index (χ0) is 17.5. The van der Waals surface area contributed by atoms with Gasteiger partial charge in [0.25, 0.3) is 0 Å². The topological polar surface area (TPSA) is 0 Å². The SMILES string of the molecule is CC1CCC(C(C2CCC(C)CC2)(C(F)(F)F)C(F)(F)F)CC1.F.F. The average molecular weight is 384 g/mol. The fraction of sp³-hybridized carbons (Fsp3) is 1.00. The molecule has 0 atom stereocenters. The number of alkyl halides is 6. The highest BCUT2D eigenvalue weighted by Gasteiger charge is 2.76. The van der Waals surface area contributed by atoms with E-state index in [1.54, 1.807) is 0 Å². The van der Waals surface area contributed by atoms with Crippen LogP contribution < -0.4 is 0 Å². The second-order valence-electron chi connectivity index (χ2n) is 7.78. The molecule has 0 unspecified atom stereocenters. The molecule has 0 bridgehead atoms. The molecule has 0 aromatic carbocycles. The maximum Gasteiger partial charge on any atom is 0.403 e. The highest BCUT2D eigenvalue weighted by Crippen LogP contribution is 2.65. The molecule has 2 saturated carbocycles. The molecule has 8 heteroatoms. The molecule has 0 aliphatic heterocycles. The molecule has 0 saturated heterocycles. The monoisotopic (exact) mass is 384 g/mol. The van der Waals surface area contributed by atoms with Crippen molar-refractivity contribution < 1.29 is 35.8 Å². The van der Waals surface area contributed by atoms with Crippen LogP contribution in [0.1, 0.15) is 65.2 Å². The molecule has 0 N–H and O–H groups in total. The highest BCUT2D eigenvalue weighted by atomic mass is 19.4. The second-order valence-corrected chi connectivity index (χ2v) is 7.78. The molecule has 25 heavy (non-hydrogen) atoms. The third kappa shape index (κ3) is 4.41. The maximum absolute atomic E-state index is 13.9. The predicted octanol–water partition coefficient (Wildman–Crippen LogP) is 7.06. The predicted molar refractivity (Wildman–Crippen MR) is 81.8 cm³/mol. The van der Waals surface area contributed by atoms with E-state index in [0.29, 0.717) is 25.7 Å². The number of hydrogen-bond donors (Lipinski definition) is 0. The Morgan fingerprint density at radius 3 is 0.960 bits per heavy atom. The molecule has 152 valence electrons. The Morgan fingerprint density at radius 1 is 0.520 bits per heavy atom. The molecule has 0 heterocycles. The van der Waals surface area contributed by atoms with Gasteiger partial charge in [0.05, 0.1) is 0 Å². The Kier molecular flexibility index (Phi) is 8.23. The largest absolute Gasteiger partial charge is 0.403 e. The summed E-state index contributed by atoms with van der Waals surface area (Å²) in [5.41, 5.74) is -3.51. The standard InChI is InChI=1S/C17H26F6.2FH/c1-11-3-7-13(8-4-11)15(16(18,19)20,17(21,22)23)14-9-5-12(2)6-10-14;;/h11-14H,3-10H2,1-2H3;2*1H. The van der Waals surface area contributed by atoms with Gasteiger partial charge >= 0.3 is 12.4 Å². The molecule has 2 fully saturated rings. The minimum absolute atomic E-state index is 0. The van der Waals surface area contributed by atoms with E-state index in [9.17, 15) is 26.3 Å². The van der Waals surface area contributed by atoms with Crippen LogP contribution >= 0.6 is 0 Å². The van der Waals surface area contributed by atoms with Gasteiger partial charge in [-0.15, -0.1) is 0 Å². The molecule has 0 spiro atoms. The first-order valence-corrected chi connectivity index (χ1v) is 8.63. The molecule has 0 amide bonds. The van der Waals surface area contributed by atoms with Gasteiger partial charge in [-0.2, -0.15) is 26.3 Å². The Bertz CT molecular complexity index is 346. The van der Waals surface area contributed by atoms with Gasteiger partial charge in [-0.25, -0.2) is 0 Å².